The summed E-state index contributed by atoms with van der Waals surface area (Å²) in [6.07, 6.45) is 2.22. The number of rotatable bonds is 2. The van der Waals surface area contributed by atoms with Gasteiger partial charge in [0.1, 0.15) is 0 Å². The van der Waals surface area contributed by atoms with Gasteiger partial charge in [0.15, 0.2) is 15.7 Å². The van der Waals surface area contributed by atoms with Crippen LogP contribution in [-0.4, -0.2) is 30.1 Å². The molecule has 0 spiro atoms. The molecule has 5 nitrogen and oxygen atoms in total. The zero-order valence-corrected chi connectivity index (χ0v) is 10.8. The zero-order chi connectivity index (χ0) is 12.5. The molecule has 0 radical (unpaired) electrons. The van der Waals surface area contributed by atoms with Gasteiger partial charge in [0, 0.05) is 0 Å². The van der Waals surface area contributed by atoms with E-state index in [-0.39, 0.29) is 17.5 Å². The molecule has 2 N–H and O–H groups in total. The maximum atomic E-state index is 11.5. The third kappa shape index (κ3) is 3.29. The van der Waals surface area contributed by atoms with Crippen molar-refractivity contribution in [3.05, 3.63) is 16.8 Å². The van der Waals surface area contributed by atoms with Gasteiger partial charge in [-0.05, 0) is 31.2 Å². The lowest BCUT2D eigenvalue weighted by atomic mass is 9.99. The summed E-state index contributed by atoms with van der Waals surface area (Å²) in [5.41, 5.74) is 6.16. The van der Waals surface area contributed by atoms with Crippen molar-refractivity contribution >= 4 is 27.3 Å². The number of aromatic nitrogens is 2. The van der Waals surface area contributed by atoms with Gasteiger partial charge in [0.05, 0.1) is 22.2 Å². The Balaban J connectivity index is 2.08. The van der Waals surface area contributed by atoms with E-state index in [0.717, 1.165) is 12.8 Å². The summed E-state index contributed by atoms with van der Waals surface area (Å²) >= 11 is 5.84. The summed E-state index contributed by atoms with van der Waals surface area (Å²) in [7, 11) is -2.88. The first-order valence-corrected chi connectivity index (χ1v) is 7.64. The molecule has 1 aromatic heterocycles. The summed E-state index contributed by atoms with van der Waals surface area (Å²) in [6.45, 7) is 0. The van der Waals surface area contributed by atoms with Crippen molar-refractivity contribution in [2.75, 3.05) is 17.2 Å². The van der Waals surface area contributed by atoms with Gasteiger partial charge in [-0.1, -0.05) is 11.6 Å². The van der Waals surface area contributed by atoms with Gasteiger partial charge in [-0.15, -0.1) is 5.10 Å². The minimum Gasteiger partial charge on any atom is -0.381 e. The van der Waals surface area contributed by atoms with E-state index < -0.39 is 9.84 Å². The smallest absolute Gasteiger partial charge is 0.164 e. The largest absolute Gasteiger partial charge is 0.381 e. The standard InChI is InChI=1S/C10H14ClN3O2S/c11-9-5-8(13-14-10(9)12)4-7-2-1-3-17(15,16)6-7/h5,7H,1-4,6H2,(H2,12,14). The second kappa shape index (κ2) is 4.78. The molecule has 1 unspecified atom stereocenters. The highest BCUT2D eigenvalue weighted by atomic mass is 35.5. The summed E-state index contributed by atoms with van der Waals surface area (Å²) in [5.74, 6) is 0.850. The summed E-state index contributed by atoms with van der Waals surface area (Å²) in [4.78, 5) is 0. The van der Waals surface area contributed by atoms with E-state index in [1.807, 2.05) is 0 Å². The number of anilines is 1. The van der Waals surface area contributed by atoms with Gasteiger partial charge in [0.2, 0.25) is 0 Å². The predicted molar refractivity (Wildman–Crippen MR) is 66.5 cm³/mol. The van der Waals surface area contributed by atoms with E-state index in [1.165, 1.54) is 0 Å². The molecule has 0 aromatic carbocycles. The predicted octanol–water partition coefficient (Wildman–Crippen LogP) is 1.08. The first-order chi connectivity index (χ1) is 7.96. The fourth-order valence-electron chi connectivity index (χ4n) is 2.09. The van der Waals surface area contributed by atoms with E-state index >= 15 is 0 Å². The summed E-state index contributed by atoms with van der Waals surface area (Å²) < 4.78 is 23.0. The Morgan fingerprint density at radius 2 is 2.24 bits per heavy atom. The van der Waals surface area contributed by atoms with Gasteiger partial charge < -0.3 is 5.73 Å². The molecular weight excluding hydrogens is 262 g/mol. The number of nitrogens with zero attached hydrogens (tertiary/aromatic N) is 2. The Bertz CT molecular complexity index is 518. The highest BCUT2D eigenvalue weighted by molar-refractivity contribution is 7.91. The number of hydrogen-bond donors (Lipinski definition) is 1. The monoisotopic (exact) mass is 275 g/mol. The van der Waals surface area contributed by atoms with Crippen LogP contribution in [0, 0.1) is 5.92 Å². The number of sulfone groups is 1. The quantitative estimate of drug-likeness (QED) is 0.873. The molecule has 1 saturated heterocycles. The van der Waals surface area contributed by atoms with Crippen LogP contribution in [0.15, 0.2) is 6.07 Å². The van der Waals surface area contributed by atoms with Crippen LogP contribution >= 0.6 is 11.6 Å². The number of hydrogen-bond acceptors (Lipinski definition) is 5. The normalized spacial score (nSPS) is 23.5. The average Bonchev–Trinajstić information content (AvgIpc) is 2.22. The third-order valence-corrected chi connectivity index (χ3v) is 5.07. The van der Waals surface area contributed by atoms with Crippen molar-refractivity contribution in [1.29, 1.82) is 0 Å². The van der Waals surface area contributed by atoms with E-state index in [1.54, 1.807) is 6.07 Å². The van der Waals surface area contributed by atoms with E-state index in [9.17, 15) is 8.42 Å². The Morgan fingerprint density at radius 3 is 2.88 bits per heavy atom. The zero-order valence-electron chi connectivity index (χ0n) is 9.26. The fourth-order valence-corrected chi connectivity index (χ4v) is 4.03. The maximum Gasteiger partial charge on any atom is 0.164 e. The fraction of sp³-hybridized carbons (Fsp3) is 0.600. The van der Waals surface area contributed by atoms with Crippen LogP contribution in [-0.2, 0) is 16.3 Å². The highest BCUT2D eigenvalue weighted by Gasteiger charge is 2.25. The van der Waals surface area contributed by atoms with Crippen LogP contribution in [0.1, 0.15) is 18.5 Å². The van der Waals surface area contributed by atoms with E-state index in [4.69, 9.17) is 17.3 Å². The van der Waals surface area contributed by atoms with Crippen LogP contribution in [0.25, 0.3) is 0 Å². The molecule has 1 aliphatic rings. The first kappa shape index (κ1) is 12.6. The molecule has 2 rings (SSSR count). The molecule has 94 valence electrons. The second-order valence-electron chi connectivity index (χ2n) is 4.40. The SMILES string of the molecule is Nc1nnc(CC2CCCS(=O)(=O)C2)cc1Cl. The third-order valence-electron chi connectivity index (χ3n) is 2.88. The minimum absolute atomic E-state index is 0.114. The lowest BCUT2D eigenvalue weighted by Gasteiger charge is -2.21. The number of nitrogens with two attached hydrogens (primary N) is 1. The number of nitrogen functional groups attached to an aromatic ring is 1. The van der Waals surface area contributed by atoms with Crippen LogP contribution in [0.3, 0.4) is 0 Å². The van der Waals surface area contributed by atoms with Gasteiger partial charge in [-0.2, -0.15) is 5.10 Å². The molecule has 0 saturated carbocycles. The van der Waals surface area contributed by atoms with E-state index in [2.05, 4.69) is 10.2 Å². The first-order valence-electron chi connectivity index (χ1n) is 5.44. The van der Waals surface area contributed by atoms with Gasteiger partial charge in [0.25, 0.3) is 0 Å². The Kier molecular flexibility index (Phi) is 3.53. The molecule has 0 aliphatic carbocycles. The van der Waals surface area contributed by atoms with Crippen LogP contribution in [0.5, 0.6) is 0 Å². The second-order valence-corrected chi connectivity index (χ2v) is 7.03. The summed E-state index contributed by atoms with van der Waals surface area (Å²) in [5, 5.41) is 8.02. The molecule has 1 atom stereocenters. The van der Waals surface area contributed by atoms with Gasteiger partial charge in [-0.3, -0.25) is 0 Å². The van der Waals surface area contributed by atoms with Crippen molar-refractivity contribution in [2.45, 2.75) is 19.3 Å². The molecule has 17 heavy (non-hydrogen) atoms. The topological polar surface area (TPSA) is 85.9 Å². The Morgan fingerprint density at radius 1 is 1.47 bits per heavy atom. The molecule has 7 heteroatoms. The van der Waals surface area contributed by atoms with Crippen LogP contribution in [0.4, 0.5) is 5.82 Å². The van der Waals surface area contributed by atoms with Gasteiger partial charge >= 0.3 is 0 Å². The highest BCUT2D eigenvalue weighted by Crippen LogP contribution is 2.23. The van der Waals surface area contributed by atoms with Crippen LogP contribution < -0.4 is 5.73 Å². The van der Waals surface area contributed by atoms with Crippen LogP contribution in [0.2, 0.25) is 5.02 Å². The van der Waals surface area contributed by atoms with Crippen molar-refractivity contribution in [3.63, 3.8) is 0 Å². The van der Waals surface area contributed by atoms with Crippen molar-refractivity contribution < 1.29 is 8.42 Å². The minimum atomic E-state index is -2.88. The van der Waals surface area contributed by atoms with E-state index in [0.29, 0.717) is 22.9 Å². The Labute approximate surface area is 105 Å². The van der Waals surface area contributed by atoms with Crippen molar-refractivity contribution in [2.24, 2.45) is 5.92 Å². The molecular formula is C10H14ClN3O2S. The maximum absolute atomic E-state index is 11.5. The molecule has 1 aromatic rings. The summed E-state index contributed by atoms with van der Waals surface area (Å²) in [6, 6.07) is 1.66. The molecule has 0 bridgehead atoms. The molecule has 2 heterocycles. The lowest BCUT2D eigenvalue weighted by molar-refractivity contribution is 0.478. The number of halogens is 1. The van der Waals surface area contributed by atoms with Crippen molar-refractivity contribution in [3.8, 4) is 0 Å². The van der Waals surface area contributed by atoms with Gasteiger partial charge in [-0.25, -0.2) is 8.42 Å². The lowest BCUT2D eigenvalue weighted by Crippen LogP contribution is -2.26. The average molecular weight is 276 g/mol. The molecule has 1 fully saturated rings. The van der Waals surface area contributed by atoms with Crippen molar-refractivity contribution in [1.82, 2.24) is 10.2 Å². The Hall–Kier alpha value is -0.880. The molecule has 1 aliphatic heterocycles. The molecule has 0 amide bonds.